The molecule has 3 rings (SSSR count). The van der Waals surface area contributed by atoms with Gasteiger partial charge in [-0.1, -0.05) is 56.5 Å². The first-order valence-electron chi connectivity index (χ1n) is 10.9. The molecule has 1 aromatic carbocycles. The average Bonchev–Trinajstić information content (AvgIpc) is 2.68. The largest absolute Gasteiger partial charge is 0.493 e. The molecular formula is C23H34F2OSi. The summed E-state index contributed by atoms with van der Waals surface area (Å²) in [6.07, 6.45) is 8.96. The van der Waals surface area contributed by atoms with Crippen LogP contribution in [-0.2, 0) is 0 Å². The van der Waals surface area contributed by atoms with Crippen molar-refractivity contribution in [3.05, 3.63) is 35.9 Å². The van der Waals surface area contributed by atoms with Crippen LogP contribution in [0.4, 0.5) is 8.78 Å². The van der Waals surface area contributed by atoms with Crippen LogP contribution in [0.1, 0.15) is 57.4 Å². The number of halogens is 2. The zero-order valence-electron chi connectivity index (χ0n) is 16.6. The fraction of sp³-hybridized carbons (Fsp3) is 0.652. The van der Waals surface area contributed by atoms with Gasteiger partial charge >= 0.3 is 0 Å². The SMILES string of the molecule is CCC[SiH]1CCC([C@H]2CC[C@H](COc3ccc(C=C(F)F)cc3)CC2)CC1. The fourth-order valence-corrected chi connectivity index (χ4v) is 8.66. The summed E-state index contributed by atoms with van der Waals surface area (Å²) in [5.41, 5.74) is 0.513. The van der Waals surface area contributed by atoms with Crippen molar-refractivity contribution in [1.82, 2.24) is 0 Å². The molecule has 0 aromatic heterocycles. The lowest BCUT2D eigenvalue weighted by Gasteiger charge is -2.37. The van der Waals surface area contributed by atoms with E-state index in [-0.39, 0.29) is 8.80 Å². The molecule has 1 saturated heterocycles. The molecule has 0 bridgehead atoms. The topological polar surface area (TPSA) is 9.23 Å². The van der Waals surface area contributed by atoms with Gasteiger partial charge in [0, 0.05) is 14.9 Å². The van der Waals surface area contributed by atoms with E-state index < -0.39 is 6.08 Å². The summed E-state index contributed by atoms with van der Waals surface area (Å²) in [6, 6.07) is 11.7. The van der Waals surface area contributed by atoms with Crippen LogP contribution in [0.2, 0.25) is 18.1 Å². The quantitative estimate of drug-likeness (QED) is 0.447. The van der Waals surface area contributed by atoms with Crippen LogP contribution in [0.5, 0.6) is 5.75 Å². The van der Waals surface area contributed by atoms with Crippen LogP contribution in [0.15, 0.2) is 30.3 Å². The summed E-state index contributed by atoms with van der Waals surface area (Å²) >= 11 is 0. The summed E-state index contributed by atoms with van der Waals surface area (Å²) in [6.45, 7) is 3.10. The monoisotopic (exact) mass is 392 g/mol. The van der Waals surface area contributed by atoms with Crippen LogP contribution in [0.25, 0.3) is 6.08 Å². The molecule has 0 unspecified atom stereocenters. The summed E-state index contributed by atoms with van der Waals surface area (Å²) < 4.78 is 30.5. The van der Waals surface area contributed by atoms with Crippen LogP contribution in [0, 0.1) is 17.8 Å². The van der Waals surface area contributed by atoms with Crippen molar-refractivity contribution in [1.29, 1.82) is 0 Å². The lowest BCUT2D eigenvalue weighted by Crippen LogP contribution is -2.29. The molecule has 1 heterocycles. The minimum atomic E-state index is -1.67. The average molecular weight is 393 g/mol. The Hall–Kier alpha value is -1.16. The lowest BCUT2D eigenvalue weighted by atomic mass is 9.74. The van der Waals surface area contributed by atoms with Gasteiger partial charge in [0.2, 0.25) is 0 Å². The molecule has 1 aliphatic carbocycles. The van der Waals surface area contributed by atoms with E-state index in [9.17, 15) is 8.78 Å². The Bertz CT molecular complexity index is 581. The third-order valence-corrected chi connectivity index (χ3v) is 10.5. The Kier molecular flexibility index (Phi) is 7.92. The van der Waals surface area contributed by atoms with Gasteiger partial charge in [0.1, 0.15) is 5.75 Å². The molecule has 0 spiro atoms. The lowest BCUT2D eigenvalue weighted by molar-refractivity contribution is 0.148. The van der Waals surface area contributed by atoms with E-state index in [1.165, 1.54) is 44.9 Å². The molecule has 1 aliphatic heterocycles. The van der Waals surface area contributed by atoms with Crippen molar-refractivity contribution in [2.75, 3.05) is 6.61 Å². The van der Waals surface area contributed by atoms with Crippen LogP contribution in [0.3, 0.4) is 0 Å². The van der Waals surface area contributed by atoms with Crippen molar-refractivity contribution in [2.45, 2.75) is 70.0 Å². The van der Waals surface area contributed by atoms with E-state index in [0.29, 0.717) is 11.5 Å². The molecule has 0 atom stereocenters. The minimum absolute atomic E-state index is 0.355. The Labute approximate surface area is 164 Å². The maximum absolute atomic E-state index is 12.3. The van der Waals surface area contributed by atoms with Crippen LogP contribution < -0.4 is 4.74 Å². The third kappa shape index (κ3) is 6.44. The van der Waals surface area contributed by atoms with E-state index in [1.54, 1.807) is 42.4 Å². The molecular weight excluding hydrogens is 358 g/mol. The maximum Gasteiger partial charge on any atom is 0.270 e. The molecule has 1 aromatic rings. The highest BCUT2D eigenvalue weighted by atomic mass is 28.3. The molecule has 4 heteroatoms. The van der Waals surface area contributed by atoms with Gasteiger partial charge in [-0.15, -0.1) is 0 Å². The molecule has 150 valence electrons. The maximum atomic E-state index is 12.3. The van der Waals surface area contributed by atoms with Gasteiger partial charge in [0.05, 0.1) is 6.61 Å². The molecule has 0 amide bonds. The Balaban J connectivity index is 1.37. The number of hydrogen-bond acceptors (Lipinski definition) is 1. The number of hydrogen-bond donors (Lipinski definition) is 0. The Morgan fingerprint density at radius 1 is 1.00 bits per heavy atom. The minimum Gasteiger partial charge on any atom is -0.493 e. The molecule has 27 heavy (non-hydrogen) atoms. The van der Waals surface area contributed by atoms with Gasteiger partial charge in [0.25, 0.3) is 6.08 Å². The Morgan fingerprint density at radius 2 is 1.63 bits per heavy atom. The number of ether oxygens (including phenoxy) is 1. The van der Waals surface area contributed by atoms with Gasteiger partial charge < -0.3 is 4.74 Å². The molecule has 2 fully saturated rings. The van der Waals surface area contributed by atoms with Crippen LogP contribution >= 0.6 is 0 Å². The van der Waals surface area contributed by atoms with Gasteiger partial charge in [0.15, 0.2) is 0 Å². The van der Waals surface area contributed by atoms with Crippen molar-refractivity contribution < 1.29 is 13.5 Å². The van der Waals surface area contributed by atoms with Crippen molar-refractivity contribution in [3.63, 3.8) is 0 Å². The molecule has 1 nitrogen and oxygen atoms in total. The predicted molar refractivity (Wildman–Crippen MR) is 112 cm³/mol. The Morgan fingerprint density at radius 3 is 2.22 bits per heavy atom. The molecule has 0 N–H and O–H groups in total. The number of rotatable bonds is 7. The number of benzene rings is 1. The summed E-state index contributed by atoms with van der Waals surface area (Å²) in [7, 11) is -0.355. The highest BCUT2D eigenvalue weighted by molar-refractivity contribution is 6.58. The van der Waals surface area contributed by atoms with E-state index in [4.69, 9.17) is 4.74 Å². The summed E-state index contributed by atoms with van der Waals surface area (Å²) in [4.78, 5) is 0. The first kappa shape index (κ1) is 20.6. The van der Waals surface area contributed by atoms with Gasteiger partial charge in [-0.2, -0.15) is 8.78 Å². The second kappa shape index (κ2) is 10.4. The smallest absolute Gasteiger partial charge is 0.270 e. The van der Waals surface area contributed by atoms with Crippen molar-refractivity contribution >= 4 is 14.9 Å². The fourth-order valence-electron chi connectivity index (χ4n) is 5.18. The first-order chi connectivity index (χ1) is 13.1. The normalized spacial score (nSPS) is 28.6. The standard InChI is InChI=1S/C23H34F2OSi/c1-2-13-27-14-11-21(12-15-27)20-7-3-19(4-8-20)17-26-22-9-5-18(6-10-22)16-23(24)25/h5-6,9-10,16,19-21,27H,2-4,7-8,11-15,17H2,1H3/t19-,20-,21?,27?. The second-order valence-corrected chi connectivity index (χ2v) is 12.1. The third-order valence-electron chi connectivity index (χ3n) is 6.79. The summed E-state index contributed by atoms with van der Waals surface area (Å²) in [5, 5.41) is 0. The van der Waals surface area contributed by atoms with E-state index in [1.807, 2.05) is 0 Å². The predicted octanol–water partition coefficient (Wildman–Crippen LogP) is 7.16. The highest BCUT2D eigenvalue weighted by Gasteiger charge is 2.31. The van der Waals surface area contributed by atoms with Gasteiger partial charge in [-0.25, -0.2) is 0 Å². The second-order valence-electron chi connectivity index (χ2n) is 8.66. The van der Waals surface area contributed by atoms with Crippen LogP contribution in [-0.4, -0.2) is 15.4 Å². The van der Waals surface area contributed by atoms with E-state index >= 15 is 0 Å². The highest BCUT2D eigenvalue weighted by Crippen LogP contribution is 2.41. The molecule has 2 aliphatic rings. The zero-order valence-corrected chi connectivity index (χ0v) is 17.8. The van der Waals surface area contributed by atoms with Crippen molar-refractivity contribution in [2.24, 2.45) is 17.8 Å². The van der Waals surface area contributed by atoms with Crippen molar-refractivity contribution in [3.8, 4) is 5.75 Å². The first-order valence-corrected chi connectivity index (χ1v) is 13.3. The van der Waals surface area contributed by atoms with Gasteiger partial charge in [-0.05, 0) is 61.1 Å². The molecule has 1 saturated carbocycles. The van der Waals surface area contributed by atoms with Gasteiger partial charge in [-0.3, -0.25) is 0 Å². The zero-order chi connectivity index (χ0) is 19.1. The molecule has 0 radical (unpaired) electrons. The summed E-state index contributed by atoms with van der Waals surface area (Å²) in [5.74, 6) is 3.39. The van der Waals surface area contributed by atoms with E-state index in [0.717, 1.165) is 30.3 Å². The van der Waals surface area contributed by atoms with E-state index in [2.05, 4.69) is 6.92 Å².